The van der Waals surface area contributed by atoms with Crippen LogP contribution in [0.15, 0.2) is 14.1 Å². The summed E-state index contributed by atoms with van der Waals surface area (Å²) in [5.41, 5.74) is -1.37. The third-order valence-corrected chi connectivity index (χ3v) is 5.34. The van der Waals surface area contributed by atoms with E-state index in [1.807, 2.05) is 0 Å². The molecular weight excluding hydrogens is 439 g/mol. The van der Waals surface area contributed by atoms with Crippen molar-refractivity contribution in [2.75, 3.05) is 6.61 Å². The molecule has 4 atom stereocenters. The van der Waals surface area contributed by atoms with E-state index in [0.29, 0.717) is 0 Å². The molecule has 1 fully saturated rings. The molecule has 1 aliphatic heterocycles. The number of ether oxygens (including phenoxy) is 1. The summed E-state index contributed by atoms with van der Waals surface area (Å²) in [6.07, 6.45) is -4.88. The second-order valence-electron chi connectivity index (χ2n) is 3.96. The topological polar surface area (TPSA) is 125 Å². The number of aliphatic hydroxyl groups is 3. The number of aromatic amines is 1. The Morgan fingerprint density at radius 1 is 1.37 bits per heavy atom. The normalized spacial score (nSPS) is 30.8. The molecule has 0 radical (unpaired) electrons. The van der Waals surface area contributed by atoms with E-state index in [2.05, 4.69) is 20.9 Å². The Morgan fingerprint density at radius 3 is 2.53 bits per heavy atom. The lowest BCUT2D eigenvalue weighted by Gasteiger charge is -2.19. The Kier molecular flexibility index (Phi) is 4.47. The van der Waals surface area contributed by atoms with Crippen molar-refractivity contribution in [3.63, 3.8) is 0 Å². The fourth-order valence-electron chi connectivity index (χ4n) is 1.82. The first-order chi connectivity index (χ1) is 8.88. The SMILES string of the molecule is O=c1[nH]c(=O)n([C@@H]2O[C@H](CO)C(O)C2O)c(I)c1Br. The number of rotatable bonds is 2. The third-order valence-electron chi connectivity index (χ3n) is 2.80. The quantitative estimate of drug-likeness (QED) is 0.323. The highest BCUT2D eigenvalue weighted by molar-refractivity contribution is 14.1. The molecule has 0 aromatic carbocycles. The minimum atomic E-state index is -1.39. The summed E-state index contributed by atoms with van der Waals surface area (Å²) >= 11 is 4.76. The second-order valence-corrected chi connectivity index (χ2v) is 5.78. The van der Waals surface area contributed by atoms with E-state index in [1.165, 1.54) is 0 Å². The van der Waals surface area contributed by atoms with Crippen molar-refractivity contribution in [3.8, 4) is 0 Å². The van der Waals surface area contributed by atoms with Crippen LogP contribution in [0.2, 0.25) is 0 Å². The molecule has 8 nitrogen and oxygen atoms in total. The molecule has 2 heterocycles. The number of nitrogens with one attached hydrogen (secondary N) is 1. The second kappa shape index (κ2) is 5.61. The monoisotopic (exact) mass is 448 g/mol. The van der Waals surface area contributed by atoms with Crippen molar-refractivity contribution in [2.24, 2.45) is 0 Å². The molecule has 0 amide bonds. The molecule has 10 heteroatoms. The van der Waals surface area contributed by atoms with Gasteiger partial charge in [-0.3, -0.25) is 14.3 Å². The van der Waals surface area contributed by atoms with Gasteiger partial charge in [0.1, 0.15) is 26.5 Å². The van der Waals surface area contributed by atoms with Crippen molar-refractivity contribution >= 4 is 38.5 Å². The summed E-state index contributed by atoms with van der Waals surface area (Å²) in [5.74, 6) is 0. The Hall–Kier alpha value is -0.270. The molecule has 19 heavy (non-hydrogen) atoms. The van der Waals surface area contributed by atoms with Crippen LogP contribution in [0.3, 0.4) is 0 Å². The molecule has 4 N–H and O–H groups in total. The van der Waals surface area contributed by atoms with Gasteiger partial charge in [-0.15, -0.1) is 0 Å². The zero-order valence-corrected chi connectivity index (χ0v) is 13.0. The first-order valence-electron chi connectivity index (χ1n) is 5.20. The molecule has 0 bridgehead atoms. The molecule has 1 aromatic heterocycles. The van der Waals surface area contributed by atoms with Crippen LogP contribution < -0.4 is 11.2 Å². The van der Waals surface area contributed by atoms with Crippen LogP contribution in [0, 0.1) is 3.70 Å². The smallest absolute Gasteiger partial charge is 0.331 e. The average Bonchev–Trinajstić information content (AvgIpc) is 2.64. The van der Waals surface area contributed by atoms with Crippen molar-refractivity contribution < 1.29 is 20.1 Å². The summed E-state index contributed by atoms with van der Waals surface area (Å²) in [5, 5.41) is 28.5. The first kappa shape index (κ1) is 15.1. The number of H-pyrrole nitrogens is 1. The standard InChI is InChI=1S/C9H10BrIN2O6/c10-3-6(11)13(9(18)12-7(3)17)8-5(16)4(15)2(1-14)19-8/h2,4-5,8,14-16H,1H2,(H,12,17,18)/t2-,4?,5?,8-/m1/s1. The minimum Gasteiger partial charge on any atom is -0.394 e. The van der Waals surface area contributed by atoms with E-state index >= 15 is 0 Å². The summed E-state index contributed by atoms with van der Waals surface area (Å²) < 4.78 is 6.59. The van der Waals surface area contributed by atoms with Crippen LogP contribution in [-0.2, 0) is 4.74 Å². The summed E-state index contributed by atoms with van der Waals surface area (Å²) in [6.45, 7) is -0.495. The maximum atomic E-state index is 11.8. The van der Waals surface area contributed by atoms with Gasteiger partial charge in [0, 0.05) is 0 Å². The van der Waals surface area contributed by atoms with Crippen LogP contribution in [0.25, 0.3) is 0 Å². The number of hydrogen-bond acceptors (Lipinski definition) is 6. The van der Waals surface area contributed by atoms with Gasteiger partial charge in [-0.2, -0.15) is 0 Å². The molecule has 0 saturated carbocycles. The fraction of sp³-hybridized carbons (Fsp3) is 0.556. The summed E-state index contributed by atoms with van der Waals surface area (Å²) in [7, 11) is 0. The third kappa shape index (κ3) is 2.52. The summed E-state index contributed by atoms with van der Waals surface area (Å²) in [4.78, 5) is 25.2. The van der Waals surface area contributed by atoms with Gasteiger partial charge in [-0.05, 0) is 38.5 Å². The van der Waals surface area contributed by atoms with Gasteiger partial charge in [0.25, 0.3) is 5.56 Å². The lowest BCUT2D eigenvalue weighted by Crippen LogP contribution is -2.40. The zero-order valence-electron chi connectivity index (χ0n) is 9.29. The Morgan fingerprint density at radius 2 is 2.00 bits per heavy atom. The Bertz CT molecular complexity index is 601. The van der Waals surface area contributed by atoms with Crippen LogP contribution in [0.1, 0.15) is 6.23 Å². The lowest BCUT2D eigenvalue weighted by molar-refractivity contribution is -0.0564. The van der Waals surface area contributed by atoms with E-state index in [9.17, 15) is 19.8 Å². The highest BCUT2D eigenvalue weighted by Gasteiger charge is 2.44. The van der Waals surface area contributed by atoms with Crippen molar-refractivity contribution in [3.05, 3.63) is 29.0 Å². The average molecular weight is 449 g/mol. The molecule has 106 valence electrons. The van der Waals surface area contributed by atoms with Crippen molar-refractivity contribution in [2.45, 2.75) is 24.5 Å². The predicted molar refractivity (Wildman–Crippen MR) is 74.7 cm³/mol. The minimum absolute atomic E-state index is 0.116. The predicted octanol–water partition coefficient (Wildman–Crippen LogP) is -1.48. The first-order valence-corrected chi connectivity index (χ1v) is 7.08. The molecule has 1 aliphatic rings. The van der Waals surface area contributed by atoms with E-state index in [1.54, 1.807) is 22.6 Å². The van der Waals surface area contributed by atoms with Crippen LogP contribution in [0.4, 0.5) is 0 Å². The number of hydrogen-bond donors (Lipinski definition) is 4. The molecule has 2 rings (SSSR count). The van der Waals surface area contributed by atoms with Crippen LogP contribution >= 0.6 is 38.5 Å². The van der Waals surface area contributed by atoms with E-state index in [0.717, 1.165) is 4.57 Å². The molecule has 0 spiro atoms. The maximum Gasteiger partial charge on any atom is 0.331 e. The fourth-order valence-corrected chi connectivity index (χ4v) is 2.85. The number of nitrogens with zero attached hydrogens (tertiary/aromatic N) is 1. The van der Waals surface area contributed by atoms with Gasteiger partial charge < -0.3 is 20.1 Å². The number of aromatic nitrogens is 2. The zero-order chi connectivity index (χ0) is 14.3. The Balaban J connectivity index is 2.52. The molecular formula is C9H10BrIN2O6. The molecule has 1 saturated heterocycles. The highest BCUT2D eigenvalue weighted by Crippen LogP contribution is 2.30. The molecule has 0 aliphatic carbocycles. The van der Waals surface area contributed by atoms with Crippen LogP contribution in [-0.4, -0.2) is 49.8 Å². The van der Waals surface area contributed by atoms with Gasteiger partial charge in [0.15, 0.2) is 6.23 Å². The van der Waals surface area contributed by atoms with Gasteiger partial charge in [0.05, 0.1) is 6.61 Å². The van der Waals surface area contributed by atoms with Crippen molar-refractivity contribution in [1.82, 2.24) is 9.55 Å². The van der Waals surface area contributed by atoms with Crippen molar-refractivity contribution in [1.29, 1.82) is 0 Å². The molecule has 2 unspecified atom stereocenters. The summed E-state index contributed by atoms with van der Waals surface area (Å²) in [6, 6.07) is 0. The van der Waals surface area contributed by atoms with Gasteiger partial charge in [-0.25, -0.2) is 4.79 Å². The number of aliphatic hydroxyl groups excluding tert-OH is 3. The van der Waals surface area contributed by atoms with Gasteiger partial charge in [-0.1, -0.05) is 0 Å². The van der Waals surface area contributed by atoms with Gasteiger partial charge in [0.2, 0.25) is 0 Å². The van der Waals surface area contributed by atoms with Crippen LogP contribution in [0.5, 0.6) is 0 Å². The van der Waals surface area contributed by atoms with E-state index < -0.39 is 42.4 Å². The van der Waals surface area contributed by atoms with E-state index in [4.69, 9.17) is 9.84 Å². The molecule has 1 aromatic rings. The number of halogens is 2. The lowest BCUT2D eigenvalue weighted by atomic mass is 10.1. The Labute approximate surface area is 128 Å². The van der Waals surface area contributed by atoms with E-state index in [-0.39, 0.29) is 8.17 Å². The largest absolute Gasteiger partial charge is 0.394 e. The highest BCUT2D eigenvalue weighted by atomic mass is 127. The van der Waals surface area contributed by atoms with Gasteiger partial charge >= 0.3 is 5.69 Å². The maximum absolute atomic E-state index is 11.8.